The summed E-state index contributed by atoms with van der Waals surface area (Å²) in [6.45, 7) is 5.15. The molecule has 13 heteroatoms. The number of carbonyl (C=O) groups excluding carboxylic acids is 1. The third kappa shape index (κ3) is 4.51. The molecule has 0 atom stereocenters. The number of aryl methyl sites for hydroxylation is 2. The molecular formula is C19H23ClN6O3S3. The molecule has 32 heavy (non-hydrogen) atoms. The van der Waals surface area contributed by atoms with Crippen LogP contribution in [0.1, 0.15) is 23.4 Å². The highest BCUT2D eigenvalue weighted by molar-refractivity contribution is 7.98. The molecule has 0 bridgehead atoms. The summed E-state index contributed by atoms with van der Waals surface area (Å²) in [5, 5.41) is 5.11. The second kappa shape index (κ2) is 9.26. The van der Waals surface area contributed by atoms with Crippen molar-refractivity contribution in [3.05, 3.63) is 33.4 Å². The summed E-state index contributed by atoms with van der Waals surface area (Å²) >= 11 is 8.39. The van der Waals surface area contributed by atoms with Crippen molar-refractivity contribution in [3.63, 3.8) is 0 Å². The van der Waals surface area contributed by atoms with Crippen LogP contribution in [0.15, 0.2) is 21.5 Å². The van der Waals surface area contributed by atoms with Crippen LogP contribution in [-0.2, 0) is 21.2 Å². The standard InChI is InChI=1S/C19H23ClN6O3S3/c1-12-14(13(2)26-18(21-12)22-19(23-26)30-3)4-6-16(27)24-8-10-25(11-9-24)32(28,29)17-7-5-15(20)31-17/h5,7H,4,6,8-11H2,1-3H3. The van der Waals surface area contributed by atoms with E-state index in [2.05, 4.69) is 15.1 Å². The van der Waals surface area contributed by atoms with Gasteiger partial charge < -0.3 is 4.90 Å². The SMILES string of the molecule is CSc1nc2nc(C)c(CCC(=O)N3CCN(S(=O)(=O)c4ccc(Cl)s4)CC3)c(C)n2n1. The zero-order chi connectivity index (χ0) is 23.0. The summed E-state index contributed by atoms with van der Waals surface area (Å²) in [7, 11) is -3.57. The van der Waals surface area contributed by atoms with Gasteiger partial charge in [-0.05, 0) is 44.2 Å². The van der Waals surface area contributed by atoms with Crippen molar-refractivity contribution in [3.8, 4) is 0 Å². The Bertz CT molecular complexity index is 1260. The van der Waals surface area contributed by atoms with E-state index < -0.39 is 10.0 Å². The van der Waals surface area contributed by atoms with Crippen LogP contribution in [0, 0.1) is 13.8 Å². The fourth-order valence-electron chi connectivity index (χ4n) is 3.77. The van der Waals surface area contributed by atoms with Crippen LogP contribution in [0.5, 0.6) is 0 Å². The van der Waals surface area contributed by atoms with E-state index in [-0.39, 0.29) is 23.2 Å². The highest BCUT2D eigenvalue weighted by Crippen LogP contribution is 2.28. The predicted molar refractivity (Wildman–Crippen MR) is 125 cm³/mol. The number of nitrogens with zero attached hydrogens (tertiary/aromatic N) is 6. The molecule has 1 aliphatic heterocycles. The Morgan fingerprint density at radius 3 is 2.53 bits per heavy atom. The van der Waals surface area contributed by atoms with Gasteiger partial charge in [0.15, 0.2) is 0 Å². The minimum atomic E-state index is -3.57. The number of rotatable bonds is 6. The lowest BCUT2D eigenvalue weighted by atomic mass is 10.1. The molecule has 1 amide bonds. The molecule has 0 radical (unpaired) electrons. The Hall–Kier alpha value is -1.73. The Kier molecular flexibility index (Phi) is 6.78. The lowest BCUT2D eigenvalue weighted by Gasteiger charge is -2.33. The first-order chi connectivity index (χ1) is 15.2. The summed E-state index contributed by atoms with van der Waals surface area (Å²) in [4.78, 5) is 23.5. The molecule has 4 rings (SSSR count). The molecule has 4 heterocycles. The zero-order valence-corrected chi connectivity index (χ0v) is 21.1. The minimum Gasteiger partial charge on any atom is -0.340 e. The summed E-state index contributed by atoms with van der Waals surface area (Å²) < 4.78 is 29.3. The van der Waals surface area contributed by atoms with Crippen molar-refractivity contribution < 1.29 is 13.2 Å². The van der Waals surface area contributed by atoms with E-state index in [1.165, 1.54) is 22.1 Å². The maximum Gasteiger partial charge on any atom is 0.253 e. The molecule has 0 saturated carbocycles. The van der Waals surface area contributed by atoms with Gasteiger partial charge in [-0.1, -0.05) is 23.4 Å². The number of amides is 1. The van der Waals surface area contributed by atoms with Crippen LogP contribution in [-0.4, -0.2) is 75.5 Å². The molecule has 3 aromatic heterocycles. The Morgan fingerprint density at radius 1 is 1.19 bits per heavy atom. The summed E-state index contributed by atoms with van der Waals surface area (Å²) in [5.41, 5.74) is 2.76. The van der Waals surface area contributed by atoms with E-state index in [0.29, 0.717) is 41.2 Å². The van der Waals surface area contributed by atoms with E-state index in [1.807, 2.05) is 20.1 Å². The lowest BCUT2D eigenvalue weighted by Crippen LogP contribution is -2.50. The Balaban J connectivity index is 1.39. The third-order valence-electron chi connectivity index (χ3n) is 5.53. The number of sulfonamides is 1. The summed E-state index contributed by atoms with van der Waals surface area (Å²) in [6.07, 6.45) is 2.78. The fraction of sp³-hybridized carbons (Fsp3) is 0.474. The smallest absolute Gasteiger partial charge is 0.253 e. The van der Waals surface area contributed by atoms with Gasteiger partial charge in [-0.15, -0.1) is 16.4 Å². The molecule has 0 aliphatic carbocycles. The maximum absolute atomic E-state index is 12.8. The number of hydrogen-bond donors (Lipinski definition) is 0. The van der Waals surface area contributed by atoms with Gasteiger partial charge in [-0.3, -0.25) is 4.79 Å². The van der Waals surface area contributed by atoms with Crippen molar-refractivity contribution in [1.29, 1.82) is 0 Å². The van der Waals surface area contributed by atoms with Crippen molar-refractivity contribution >= 4 is 56.4 Å². The second-order valence-corrected chi connectivity index (χ2v) is 12.1. The molecule has 0 aromatic carbocycles. The number of thioether (sulfide) groups is 1. The first-order valence-corrected chi connectivity index (χ1v) is 13.9. The maximum atomic E-state index is 12.8. The monoisotopic (exact) mass is 514 g/mol. The van der Waals surface area contributed by atoms with Crippen molar-refractivity contribution in [2.24, 2.45) is 0 Å². The van der Waals surface area contributed by atoms with E-state index >= 15 is 0 Å². The normalized spacial score (nSPS) is 15.6. The van der Waals surface area contributed by atoms with Gasteiger partial charge in [0, 0.05) is 44.0 Å². The van der Waals surface area contributed by atoms with Gasteiger partial charge in [0.25, 0.3) is 15.8 Å². The first-order valence-electron chi connectivity index (χ1n) is 10.0. The van der Waals surface area contributed by atoms with Crippen molar-refractivity contribution in [2.75, 3.05) is 32.4 Å². The van der Waals surface area contributed by atoms with Crippen molar-refractivity contribution in [1.82, 2.24) is 28.8 Å². The molecule has 0 spiro atoms. The number of carbonyl (C=O) groups is 1. The van der Waals surface area contributed by atoms with Gasteiger partial charge in [0.1, 0.15) is 4.21 Å². The largest absolute Gasteiger partial charge is 0.340 e. The lowest BCUT2D eigenvalue weighted by molar-refractivity contribution is -0.132. The van der Waals surface area contributed by atoms with Crippen LogP contribution in [0.4, 0.5) is 0 Å². The quantitative estimate of drug-likeness (QED) is 0.466. The van der Waals surface area contributed by atoms with Crippen molar-refractivity contribution in [2.45, 2.75) is 36.1 Å². The number of piperazine rings is 1. The van der Waals surface area contributed by atoms with Gasteiger partial charge in [-0.25, -0.2) is 17.9 Å². The molecular weight excluding hydrogens is 492 g/mol. The topological polar surface area (TPSA) is 101 Å². The molecule has 172 valence electrons. The average molecular weight is 515 g/mol. The number of halogens is 1. The Labute approximate surface area is 199 Å². The highest BCUT2D eigenvalue weighted by atomic mass is 35.5. The number of thiophene rings is 1. The minimum absolute atomic E-state index is 0.00325. The predicted octanol–water partition coefficient (Wildman–Crippen LogP) is 2.64. The molecule has 9 nitrogen and oxygen atoms in total. The van der Waals surface area contributed by atoms with Gasteiger partial charge >= 0.3 is 0 Å². The second-order valence-electron chi connectivity index (χ2n) is 7.41. The van der Waals surface area contributed by atoms with Crippen LogP contribution >= 0.6 is 34.7 Å². The molecule has 3 aromatic rings. The van der Waals surface area contributed by atoms with E-state index in [0.717, 1.165) is 28.3 Å². The van der Waals surface area contributed by atoms with Gasteiger partial charge in [-0.2, -0.15) is 9.29 Å². The summed E-state index contributed by atoms with van der Waals surface area (Å²) in [5.74, 6) is 0.562. The van der Waals surface area contributed by atoms with E-state index in [9.17, 15) is 13.2 Å². The van der Waals surface area contributed by atoms with E-state index in [1.54, 1.807) is 15.5 Å². The average Bonchev–Trinajstić information content (AvgIpc) is 3.40. The number of fused-ring (bicyclic) bond motifs is 1. The molecule has 1 saturated heterocycles. The van der Waals surface area contributed by atoms with Crippen LogP contribution in [0.3, 0.4) is 0 Å². The van der Waals surface area contributed by atoms with Crippen LogP contribution in [0.25, 0.3) is 5.78 Å². The molecule has 1 fully saturated rings. The molecule has 0 N–H and O–H groups in total. The fourth-order valence-corrected chi connectivity index (χ4v) is 7.17. The number of aromatic nitrogens is 4. The Morgan fingerprint density at radius 2 is 1.91 bits per heavy atom. The highest BCUT2D eigenvalue weighted by Gasteiger charge is 2.31. The zero-order valence-electron chi connectivity index (χ0n) is 17.9. The summed E-state index contributed by atoms with van der Waals surface area (Å²) in [6, 6.07) is 3.10. The first kappa shape index (κ1) is 23.4. The number of hydrogen-bond acceptors (Lipinski definition) is 8. The third-order valence-corrected chi connectivity index (χ3v) is 9.67. The van der Waals surface area contributed by atoms with Crippen LogP contribution in [0.2, 0.25) is 4.34 Å². The molecule has 1 aliphatic rings. The van der Waals surface area contributed by atoms with Gasteiger partial charge in [0.05, 0.1) is 4.34 Å². The van der Waals surface area contributed by atoms with E-state index in [4.69, 9.17) is 11.6 Å². The molecule has 0 unspecified atom stereocenters. The van der Waals surface area contributed by atoms with Gasteiger partial charge in [0.2, 0.25) is 11.1 Å². The van der Waals surface area contributed by atoms with Crippen LogP contribution < -0.4 is 0 Å².